The van der Waals surface area contributed by atoms with Crippen molar-refractivity contribution in [3.63, 3.8) is 0 Å². The van der Waals surface area contributed by atoms with Gasteiger partial charge in [-0.15, -0.1) is 0 Å². The molecule has 5 rings (SSSR count). The molecular formula is C24H24N4O6S. The van der Waals surface area contributed by atoms with Crippen molar-refractivity contribution in [2.45, 2.75) is 19.4 Å². The van der Waals surface area contributed by atoms with E-state index in [1.807, 2.05) is 0 Å². The van der Waals surface area contributed by atoms with E-state index in [1.165, 1.54) is 20.5 Å². The first-order chi connectivity index (χ1) is 16.8. The standard InChI is InChI=1S/C24H24N4O6S/c1-14-22-17(24(29)25-15-6-7-20(32-2)21(11-15)33-3)12-18(19-5-4-9-34-19)26-23(22)28(27-14)16-8-10-35(30,31)13-16/h4-7,9,11-12,16H,8,10,13H2,1-3H3,(H,25,29). The maximum absolute atomic E-state index is 13.5. The van der Waals surface area contributed by atoms with Gasteiger partial charge < -0.3 is 19.2 Å². The summed E-state index contributed by atoms with van der Waals surface area (Å²) in [6.45, 7) is 1.78. The normalized spacial score (nSPS) is 16.9. The summed E-state index contributed by atoms with van der Waals surface area (Å²) in [7, 11) is -0.0864. The highest BCUT2D eigenvalue weighted by Crippen LogP contribution is 2.34. The summed E-state index contributed by atoms with van der Waals surface area (Å²) in [6, 6.07) is 9.87. The number of furan rings is 1. The number of sulfone groups is 1. The first kappa shape index (κ1) is 22.9. The van der Waals surface area contributed by atoms with Gasteiger partial charge in [-0.2, -0.15) is 5.10 Å². The molecule has 3 aromatic heterocycles. The molecule has 1 amide bonds. The molecule has 1 N–H and O–H groups in total. The average molecular weight is 497 g/mol. The predicted octanol–water partition coefficient (Wildman–Crippen LogP) is 3.63. The highest BCUT2D eigenvalue weighted by atomic mass is 32.2. The van der Waals surface area contributed by atoms with Gasteiger partial charge in [0.2, 0.25) is 0 Å². The Hall–Kier alpha value is -3.86. The minimum Gasteiger partial charge on any atom is -0.493 e. The molecule has 11 heteroatoms. The number of benzene rings is 1. The molecule has 0 radical (unpaired) electrons. The second-order valence-corrected chi connectivity index (χ2v) is 10.6. The van der Waals surface area contributed by atoms with Crippen molar-refractivity contribution in [3.8, 4) is 23.0 Å². The quantitative estimate of drug-likeness (QED) is 0.429. The minimum absolute atomic E-state index is 0.0109. The number of nitrogens with zero attached hydrogens (tertiary/aromatic N) is 3. The molecule has 0 bridgehead atoms. The lowest BCUT2D eigenvalue weighted by atomic mass is 10.1. The van der Waals surface area contributed by atoms with E-state index in [-0.39, 0.29) is 23.5 Å². The van der Waals surface area contributed by atoms with Gasteiger partial charge in [-0.1, -0.05) is 0 Å². The lowest BCUT2D eigenvalue weighted by Crippen LogP contribution is -2.15. The number of methoxy groups -OCH3 is 2. The molecule has 1 fully saturated rings. The number of aromatic nitrogens is 3. The number of carbonyl (C=O) groups excluding carboxylic acids is 1. The molecule has 1 unspecified atom stereocenters. The Bertz CT molecular complexity index is 1530. The lowest BCUT2D eigenvalue weighted by Gasteiger charge is -2.13. The summed E-state index contributed by atoms with van der Waals surface area (Å²) in [4.78, 5) is 18.2. The Morgan fingerprint density at radius 2 is 1.97 bits per heavy atom. The van der Waals surface area contributed by atoms with Crippen LogP contribution in [0.5, 0.6) is 11.5 Å². The Morgan fingerprint density at radius 3 is 2.63 bits per heavy atom. The van der Waals surface area contributed by atoms with Gasteiger partial charge in [0.05, 0.1) is 54.7 Å². The minimum atomic E-state index is -3.14. The van der Waals surface area contributed by atoms with Crippen molar-refractivity contribution in [1.82, 2.24) is 14.8 Å². The van der Waals surface area contributed by atoms with Crippen molar-refractivity contribution in [2.24, 2.45) is 0 Å². The third kappa shape index (κ3) is 4.23. The molecule has 1 aliphatic heterocycles. The molecule has 1 aliphatic rings. The maximum Gasteiger partial charge on any atom is 0.256 e. The molecule has 1 saturated heterocycles. The molecule has 35 heavy (non-hydrogen) atoms. The van der Waals surface area contributed by atoms with Gasteiger partial charge in [0.1, 0.15) is 5.69 Å². The molecule has 0 saturated carbocycles. The van der Waals surface area contributed by atoms with Crippen LogP contribution in [0.2, 0.25) is 0 Å². The Balaban J connectivity index is 1.62. The summed E-state index contributed by atoms with van der Waals surface area (Å²) in [5.74, 6) is 1.22. The fourth-order valence-electron chi connectivity index (χ4n) is 4.38. The van der Waals surface area contributed by atoms with Gasteiger partial charge in [0, 0.05) is 11.8 Å². The van der Waals surface area contributed by atoms with Crippen molar-refractivity contribution in [3.05, 3.63) is 53.9 Å². The largest absolute Gasteiger partial charge is 0.493 e. The van der Waals surface area contributed by atoms with Crippen LogP contribution in [0.4, 0.5) is 5.69 Å². The van der Waals surface area contributed by atoms with Crippen LogP contribution in [0, 0.1) is 6.92 Å². The predicted molar refractivity (Wildman–Crippen MR) is 130 cm³/mol. The number of ether oxygens (including phenoxy) is 2. The number of pyridine rings is 1. The Morgan fingerprint density at radius 1 is 1.17 bits per heavy atom. The molecule has 1 atom stereocenters. The number of carbonyl (C=O) groups is 1. The zero-order valence-electron chi connectivity index (χ0n) is 19.4. The van der Waals surface area contributed by atoms with E-state index in [0.29, 0.717) is 57.4 Å². The molecule has 0 aliphatic carbocycles. The number of amides is 1. The fraction of sp³-hybridized carbons (Fsp3) is 0.292. The van der Waals surface area contributed by atoms with E-state index < -0.39 is 9.84 Å². The summed E-state index contributed by atoms with van der Waals surface area (Å²) in [5, 5.41) is 8.06. The number of fused-ring (bicyclic) bond motifs is 1. The van der Waals surface area contributed by atoms with Gasteiger partial charge in [0.15, 0.2) is 32.7 Å². The molecule has 4 aromatic rings. The fourth-order valence-corrected chi connectivity index (χ4v) is 6.07. The van der Waals surface area contributed by atoms with Gasteiger partial charge in [-0.05, 0) is 43.7 Å². The highest BCUT2D eigenvalue weighted by molar-refractivity contribution is 7.91. The SMILES string of the molecule is COc1ccc(NC(=O)c2cc(-c3ccco3)nc3c2c(C)nn3C2CCS(=O)(=O)C2)cc1OC. The van der Waals surface area contributed by atoms with Crippen molar-refractivity contribution < 1.29 is 27.1 Å². The molecule has 0 spiro atoms. The van der Waals surface area contributed by atoms with Crippen LogP contribution in [0.25, 0.3) is 22.5 Å². The summed E-state index contributed by atoms with van der Waals surface area (Å²) in [5.41, 5.74) is 2.34. The summed E-state index contributed by atoms with van der Waals surface area (Å²) >= 11 is 0. The van der Waals surface area contributed by atoms with Gasteiger partial charge in [-0.25, -0.2) is 18.1 Å². The zero-order valence-corrected chi connectivity index (χ0v) is 20.3. The van der Waals surface area contributed by atoms with E-state index in [2.05, 4.69) is 10.4 Å². The van der Waals surface area contributed by atoms with E-state index in [9.17, 15) is 13.2 Å². The first-order valence-corrected chi connectivity index (χ1v) is 12.8. The lowest BCUT2D eigenvalue weighted by molar-refractivity contribution is 0.102. The Kier molecular flexibility index (Phi) is 5.72. The van der Waals surface area contributed by atoms with E-state index >= 15 is 0 Å². The first-order valence-electron chi connectivity index (χ1n) is 11.0. The van der Waals surface area contributed by atoms with E-state index in [4.69, 9.17) is 18.9 Å². The van der Waals surface area contributed by atoms with E-state index in [0.717, 1.165) is 0 Å². The topological polar surface area (TPSA) is 126 Å². The van der Waals surface area contributed by atoms with Crippen LogP contribution in [0.3, 0.4) is 0 Å². The van der Waals surface area contributed by atoms with Crippen molar-refractivity contribution >= 4 is 32.5 Å². The smallest absolute Gasteiger partial charge is 0.256 e. The molecular weight excluding hydrogens is 472 g/mol. The summed E-state index contributed by atoms with van der Waals surface area (Å²) < 4.78 is 42.0. The third-order valence-electron chi connectivity index (χ3n) is 6.05. The van der Waals surface area contributed by atoms with Crippen LogP contribution < -0.4 is 14.8 Å². The Labute approximate surface area is 201 Å². The van der Waals surface area contributed by atoms with Crippen LogP contribution in [0.1, 0.15) is 28.5 Å². The molecule has 4 heterocycles. The van der Waals surface area contributed by atoms with Gasteiger partial charge in [-0.3, -0.25) is 4.79 Å². The van der Waals surface area contributed by atoms with Gasteiger partial charge >= 0.3 is 0 Å². The van der Waals surface area contributed by atoms with Crippen LogP contribution >= 0.6 is 0 Å². The van der Waals surface area contributed by atoms with Crippen molar-refractivity contribution in [1.29, 1.82) is 0 Å². The molecule has 10 nitrogen and oxygen atoms in total. The van der Waals surface area contributed by atoms with E-state index in [1.54, 1.807) is 48.0 Å². The monoisotopic (exact) mass is 496 g/mol. The highest BCUT2D eigenvalue weighted by Gasteiger charge is 2.32. The maximum atomic E-state index is 13.5. The summed E-state index contributed by atoms with van der Waals surface area (Å²) in [6.07, 6.45) is 1.97. The number of aryl methyl sites for hydroxylation is 1. The second-order valence-electron chi connectivity index (χ2n) is 8.34. The number of rotatable bonds is 6. The van der Waals surface area contributed by atoms with Gasteiger partial charge in [0.25, 0.3) is 5.91 Å². The number of nitrogens with one attached hydrogen (secondary N) is 1. The second kappa shape index (κ2) is 8.73. The zero-order chi connectivity index (χ0) is 24.7. The van der Waals surface area contributed by atoms with Crippen LogP contribution in [-0.2, 0) is 9.84 Å². The number of hydrogen-bond acceptors (Lipinski definition) is 8. The van der Waals surface area contributed by atoms with Crippen molar-refractivity contribution in [2.75, 3.05) is 31.0 Å². The molecule has 182 valence electrons. The molecule has 1 aromatic carbocycles. The van der Waals surface area contributed by atoms with Crippen LogP contribution in [0.15, 0.2) is 47.1 Å². The third-order valence-corrected chi connectivity index (χ3v) is 7.80. The number of anilines is 1. The average Bonchev–Trinajstić information content (AvgIpc) is 3.57. The van der Waals surface area contributed by atoms with Crippen LogP contribution in [-0.4, -0.2) is 54.8 Å². The number of hydrogen-bond donors (Lipinski definition) is 1.